The van der Waals surface area contributed by atoms with Gasteiger partial charge in [0.25, 0.3) is 17.7 Å². The first-order valence-corrected chi connectivity index (χ1v) is 10.7. The van der Waals surface area contributed by atoms with Crippen molar-refractivity contribution in [1.82, 2.24) is 0 Å². The van der Waals surface area contributed by atoms with Gasteiger partial charge in [0.1, 0.15) is 28.0 Å². The number of carbonyl (C=O) groups excluding carboxylic acids is 3. The second kappa shape index (κ2) is 9.86. The van der Waals surface area contributed by atoms with Gasteiger partial charge in [0, 0.05) is 17.3 Å². The maximum Gasteiger partial charge on any atom is 0.283 e. The minimum atomic E-state index is -0.839. The highest BCUT2D eigenvalue weighted by atomic mass is 35.5. The van der Waals surface area contributed by atoms with Gasteiger partial charge >= 0.3 is 0 Å². The molecule has 0 saturated carbocycles. The SMILES string of the molecule is COc1ccc(NC(=O)c2ccc(NC3=C(Cl)C(=O)N(c4ccccc4F)C3=O)cc2)c(OC)c1. The summed E-state index contributed by atoms with van der Waals surface area (Å²) >= 11 is 6.09. The molecule has 3 amide bonds. The summed E-state index contributed by atoms with van der Waals surface area (Å²) in [7, 11) is 3.01. The van der Waals surface area contributed by atoms with Crippen LogP contribution >= 0.6 is 11.6 Å². The van der Waals surface area contributed by atoms with Crippen molar-refractivity contribution in [3.05, 3.63) is 88.8 Å². The van der Waals surface area contributed by atoms with Crippen LogP contribution < -0.4 is 25.0 Å². The monoisotopic (exact) mass is 495 g/mol. The highest BCUT2D eigenvalue weighted by molar-refractivity contribution is 6.53. The van der Waals surface area contributed by atoms with E-state index in [4.69, 9.17) is 21.1 Å². The lowest BCUT2D eigenvalue weighted by molar-refractivity contribution is -0.120. The van der Waals surface area contributed by atoms with Crippen molar-refractivity contribution >= 4 is 46.4 Å². The molecule has 3 aromatic rings. The molecule has 35 heavy (non-hydrogen) atoms. The maximum absolute atomic E-state index is 14.2. The molecule has 178 valence electrons. The van der Waals surface area contributed by atoms with Crippen LogP contribution in [0.1, 0.15) is 10.4 Å². The quantitative estimate of drug-likeness (QED) is 0.467. The van der Waals surface area contributed by atoms with Crippen molar-refractivity contribution in [2.75, 3.05) is 29.8 Å². The third kappa shape index (κ3) is 4.67. The fourth-order valence-electron chi connectivity index (χ4n) is 3.41. The predicted molar refractivity (Wildman–Crippen MR) is 129 cm³/mol. The van der Waals surface area contributed by atoms with Crippen molar-refractivity contribution in [3.63, 3.8) is 0 Å². The van der Waals surface area contributed by atoms with Crippen LogP contribution in [0.15, 0.2) is 77.5 Å². The van der Waals surface area contributed by atoms with E-state index in [1.165, 1.54) is 44.6 Å². The zero-order valence-corrected chi connectivity index (χ0v) is 19.4. The van der Waals surface area contributed by atoms with Crippen LogP contribution in [0.2, 0.25) is 0 Å². The molecule has 0 bridgehead atoms. The van der Waals surface area contributed by atoms with Gasteiger partial charge in [-0.15, -0.1) is 0 Å². The van der Waals surface area contributed by atoms with Crippen LogP contribution in [0.3, 0.4) is 0 Å². The number of amides is 3. The normalized spacial score (nSPS) is 13.2. The molecule has 0 aromatic heterocycles. The highest BCUT2D eigenvalue weighted by Gasteiger charge is 2.40. The minimum Gasteiger partial charge on any atom is -0.497 e. The number of anilines is 3. The Hall–Kier alpha value is -4.37. The Kier molecular flexibility index (Phi) is 6.70. The third-order valence-electron chi connectivity index (χ3n) is 5.19. The number of rotatable bonds is 7. The Balaban J connectivity index is 1.49. The topological polar surface area (TPSA) is 97.0 Å². The average molecular weight is 496 g/mol. The van der Waals surface area contributed by atoms with Crippen LogP contribution in [-0.2, 0) is 9.59 Å². The van der Waals surface area contributed by atoms with Gasteiger partial charge in [-0.05, 0) is 48.5 Å². The second-order valence-corrected chi connectivity index (χ2v) is 7.69. The molecular formula is C25H19ClFN3O5. The molecule has 0 unspecified atom stereocenters. The lowest BCUT2D eigenvalue weighted by Crippen LogP contribution is -2.33. The van der Waals surface area contributed by atoms with Crippen LogP contribution in [0, 0.1) is 5.82 Å². The van der Waals surface area contributed by atoms with Gasteiger partial charge in [-0.3, -0.25) is 14.4 Å². The number of nitrogens with zero attached hydrogens (tertiary/aromatic N) is 1. The molecule has 8 nitrogen and oxygen atoms in total. The number of nitrogens with one attached hydrogen (secondary N) is 2. The van der Waals surface area contributed by atoms with Crippen molar-refractivity contribution in [1.29, 1.82) is 0 Å². The molecule has 0 aliphatic carbocycles. The smallest absolute Gasteiger partial charge is 0.283 e. The average Bonchev–Trinajstić information content (AvgIpc) is 3.08. The third-order valence-corrected chi connectivity index (χ3v) is 5.54. The number of ether oxygens (including phenoxy) is 2. The van der Waals surface area contributed by atoms with Gasteiger partial charge in [-0.1, -0.05) is 23.7 Å². The van der Waals surface area contributed by atoms with Crippen molar-refractivity contribution in [3.8, 4) is 11.5 Å². The number of methoxy groups -OCH3 is 2. The van der Waals surface area contributed by atoms with Gasteiger partial charge in [-0.2, -0.15) is 0 Å². The second-order valence-electron chi connectivity index (χ2n) is 7.31. The first-order chi connectivity index (χ1) is 16.8. The number of imide groups is 1. The van der Waals surface area contributed by atoms with E-state index in [1.807, 2.05) is 0 Å². The van der Waals surface area contributed by atoms with Crippen LogP contribution in [-0.4, -0.2) is 31.9 Å². The molecule has 0 atom stereocenters. The molecule has 3 aromatic carbocycles. The van der Waals surface area contributed by atoms with Crippen molar-refractivity contribution < 1.29 is 28.2 Å². The molecule has 1 heterocycles. The number of halogens is 2. The van der Waals surface area contributed by atoms with Gasteiger partial charge in [-0.25, -0.2) is 9.29 Å². The van der Waals surface area contributed by atoms with E-state index in [9.17, 15) is 18.8 Å². The maximum atomic E-state index is 14.2. The summed E-state index contributed by atoms with van der Waals surface area (Å²) in [4.78, 5) is 38.7. The molecular weight excluding hydrogens is 477 g/mol. The van der Waals surface area contributed by atoms with E-state index in [1.54, 1.807) is 30.3 Å². The molecule has 0 spiro atoms. The Morgan fingerprint density at radius 3 is 2.31 bits per heavy atom. The largest absolute Gasteiger partial charge is 0.497 e. The summed E-state index contributed by atoms with van der Waals surface area (Å²) in [6.07, 6.45) is 0. The fraction of sp³-hybridized carbons (Fsp3) is 0.0800. The lowest BCUT2D eigenvalue weighted by Gasteiger charge is -2.15. The Morgan fingerprint density at radius 2 is 1.66 bits per heavy atom. The van der Waals surface area contributed by atoms with Gasteiger partial charge in [0.2, 0.25) is 0 Å². The van der Waals surface area contributed by atoms with Crippen LogP contribution in [0.25, 0.3) is 0 Å². The number of benzene rings is 3. The molecule has 0 radical (unpaired) electrons. The van der Waals surface area contributed by atoms with Gasteiger partial charge in [0.15, 0.2) is 0 Å². The fourth-order valence-corrected chi connectivity index (χ4v) is 3.62. The first-order valence-electron chi connectivity index (χ1n) is 10.3. The van der Waals surface area contributed by atoms with Crippen LogP contribution in [0.4, 0.5) is 21.5 Å². The van der Waals surface area contributed by atoms with Crippen molar-refractivity contribution in [2.24, 2.45) is 0 Å². The lowest BCUT2D eigenvalue weighted by atomic mass is 10.1. The van der Waals surface area contributed by atoms with E-state index >= 15 is 0 Å². The predicted octanol–water partition coefficient (Wildman–Crippen LogP) is 4.53. The van der Waals surface area contributed by atoms with Crippen molar-refractivity contribution in [2.45, 2.75) is 0 Å². The summed E-state index contributed by atoms with van der Waals surface area (Å²) in [5.74, 6) is -1.75. The summed E-state index contributed by atoms with van der Waals surface area (Å²) in [5.41, 5.74) is 0.794. The number of carbonyl (C=O) groups is 3. The van der Waals surface area contributed by atoms with E-state index in [-0.39, 0.29) is 16.4 Å². The van der Waals surface area contributed by atoms with E-state index < -0.39 is 23.5 Å². The van der Waals surface area contributed by atoms with Crippen LogP contribution in [0.5, 0.6) is 11.5 Å². The number of hydrogen-bond acceptors (Lipinski definition) is 6. The molecule has 1 aliphatic rings. The minimum absolute atomic E-state index is 0.194. The molecule has 4 rings (SSSR count). The summed E-state index contributed by atoms with van der Waals surface area (Å²) in [6, 6.07) is 16.5. The van der Waals surface area contributed by atoms with E-state index in [2.05, 4.69) is 10.6 Å². The summed E-state index contributed by atoms with van der Waals surface area (Å²) in [5, 5.41) is 5.18. The zero-order valence-electron chi connectivity index (χ0n) is 18.6. The zero-order chi connectivity index (χ0) is 25.1. The Labute approximate surface area is 204 Å². The molecule has 0 saturated heterocycles. The molecule has 2 N–H and O–H groups in total. The Morgan fingerprint density at radius 1 is 0.943 bits per heavy atom. The number of para-hydroxylation sites is 1. The van der Waals surface area contributed by atoms with E-state index in [0.29, 0.717) is 33.3 Å². The first kappa shape index (κ1) is 23.8. The van der Waals surface area contributed by atoms with Gasteiger partial charge < -0.3 is 20.1 Å². The molecule has 0 fully saturated rings. The molecule has 1 aliphatic heterocycles. The summed E-state index contributed by atoms with van der Waals surface area (Å²) in [6.45, 7) is 0. The number of hydrogen-bond donors (Lipinski definition) is 2. The molecule has 10 heteroatoms. The Bertz CT molecular complexity index is 1360. The summed E-state index contributed by atoms with van der Waals surface area (Å²) < 4.78 is 24.6. The highest BCUT2D eigenvalue weighted by Crippen LogP contribution is 2.32. The van der Waals surface area contributed by atoms with E-state index in [0.717, 1.165) is 6.07 Å². The standard InChI is InChI=1S/C25H19ClFN3O5/c1-34-16-11-12-18(20(13-16)35-2)29-23(31)14-7-9-15(10-8-14)28-22-21(26)24(32)30(25(22)33)19-6-4-3-5-17(19)27/h3-13,28H,1-2H3,(H,29,31). The van der Waals surface area contributed by atoms with Gasteiger partial charge in [0.05, 0.1) is 25.6 Å².